The minimum atomic E-state index is -0.473. The van der Waals surface area contributed by atoms with Crippen molar-refractivity contribution in [2.75, 3.05) is 6.61 Å². The second-order valence-electron chi connectivity index (χ2n) is 3.62. The van der Waals surface area contributed by atoms with Crippen molar-refractivity contribution in [3.8, 4) is 0 Å². The lowest BCUT2D eigenvalue weighted by Gasteiger charge is -2.14. The predicted molar refractivity (Wildman–Crippen MR) is 61.1 cm³/mol. The summed E-state index contributed by atoms with van der Waals surface area (Å²) >= 11 is 0. The van der Waals surface area contributed by atoms with Gasteiger partial charge < -0.3 is 4.74 Å². The molecule has 0 aliphatic heterocycles. The fourth-order valence-corrected chi connectivity index (χ4v) is 1.55. The molecule has 16 heavy (non-hydrogen) atoms. The van der Waals surface area contributed by atoms with Crippen LogP contribution in [0.25, 0.3) is 0 Å². The predicted octanol–water partition coefficient (Wildman–Crippen LogP) is 2.31. The molecule has 0 aliphatic rings. The maximum absolute atomic E-state index is 11.7. The third-order valence-electron chi connectivity index (χ3n) is 2.26. The van der Waals surface area contributed by atoms with Crippen LogP contribution >= 0.6 is 0 Å². The van der Waals surface area contributed by atoms with Crippen molar-refractivity contribution in [3.05, 3.63) is 35.9 Å². The van der Waals surface area contributed by atoms with Crippen molar-refractivity contribution in [2.45, 2.75) is 26.2 Å². The number of esters is 1. The number of rotatable bonds is 5. The quantitative estimate of drug-likeness (QED) is 0.715. The monoisotopic (exact) mass is 220 g/mol. The van der Waals surface area contributed by atoms with E-state index in [2.05, 4.69) is 0 Å². The lowest BCUT2D eigenvalue weighted by atomic mass is 9.94. The fraction of sp³-hybridized carbons (Fsp3) is 0.385. The smallest absolute Gasteiger partial charge is 0.313 e. The topological polar surface area (TPSA) is 43.4 Å². The zero-order valence-corrected chi connectivity index (χ0v) is 9.60. The second-order valence-corrected chi connectivity index (χ2v) is 3.62. The number of ether oxygens (including phenoxy) is 1. The molecule has 0 aliphatic carbocycles. The largest absolute Gasteiger partial charge is 0.466 e. The summed E-state index contributed by atoms with van der Waals surface area (Å²) < 4.78 is 4.97. The van der Waals surface area contributed by atoms with Crippen LogP contribution in [0.15, 0.2) is 30.3 Å². The van der Waals surface area contributed by atoms with Gasteiger partial charge in [-0.25, -0.2) is 0 Å². The maximum Gasteiger partial charge on any atom is 0.313 e. The molecule has 1 atom stereocenters. The molecule has 0 amide bonds. The molecule has 0 saturated heterocycles. The summed E-state index contributed by atoms with van der Waals surface area (Å²) in [6.45, 7) is 3.57. The number of carbonyl (C=O) groups excluding carboxylic acids is 2. The highest BCUT2D eigenvalue weighted by Crippen LogP contribution is 2.21. The Morgan fingerprint density at radius 1 is 1.25 bits per heavy atom. The van der Waals surface area contributed by atoms with E-state index < -0.39 is 5.92 Å². The van der Waals surface area contributed by atoms with E-state index in [1.54, 1.807) is 6.92 Å². The third kappa shape index (κ3) is 3.50. The third-order valence-corrected chi connectivity index (χ3v) is 2.26. The molecule has 0 heterocycles. The van der Waals surface area contributed by atoms with Gasteiger partial charge in [0.2, 0.25) is 0 Å². The van der Waals surface area contributed by atoms with Crippen molar-refractivity contribution < 1.29 is 14.3 Å². The Labute approximate surface area is 95.4 Å². The van der Waals surface area contributed by atoms with Gasteiger partial charge in [0.15, 0.2) is 0 Å². The van der Waals surface area contributed by atoms with Crippen molar-refractivity contribution in [1.82, 2.24) is 0 Å². The van der Waals surface area contributed by atoms with Gasteiger partial charge in [-0.15, -0.1) is 0 Å². The molecule has 1 aromatic carbocycles. The van der Waals surface area contributed by atoms with Gasteiger partial charge in [0.1, 0.15) is 5.78 Å². The van der Waals surface area contributed by atoms with E-state index in [1.807, 2.05) is 30.3 Å². The Balaban J connectivity index is 2.87. The highest BCUT2D eigenvalue weighted by Gasteiger charge is 2.23. The van der Waals surface area contributed by atoms with E-state index in [-0.39, 0.29) is 18.2 Å². The maximum atomic E-state index is 11.7. The molecule has 0 fully saturated rings. The first-order valence-corrected chi connectivity index (χ1v) is 5.36. The first-order valence-electron chi connectivity index (χ1n) is 5.36. The Hall–Kier alpha value is -1.64. The van der Waals surface area contributed by atoms with Gasteiger partial charge in [-0.1, -0.05) is 30.3 Å². The molecule has 0 bridgehead atoms. The van der Waals surface area contributed by atoms with Crippen LogP contribution in [0.4, 0.5) is 0 Å². The Morgan fingerprint density at radius 3 is 2.38 bits per heavy atom. The highest BCUT2D eigenvalue weighted by molar-refractivity contribution is 5.86. The molecule has 0 saturated carbocycles. The van der Waals surface area contributed by atoms with E-state index in [9.17, 15) is 9.59 Å². The van der Waals surface area contributed by atoms with Crippen LogP contribution in [-0.2, 0) is 14.3 Å². The van der Waals surface area contributed by atoms with Gasteiger partial charge in [0.05, 0.1) is 12.5 Å². The number of benzene rings is 1. The zero-order chi connectivity index (χ0) is 12.0. The molecule has 0 spiro atoms. The summed E-state index contributed by atoms with van der Waals surface area (Å²) in [6.07, 6.45) is 0.197. The molecule has 3 heteroatoms. The number of hydrogen-bond acceptors (Lipinski definition) is 3. The summed E-state index contributed by atoms with van der Waals surface area (Å²) in [5, 5.41) is 0. The van der Waals surface area contributed by atoms with E-state index in [1.165, 1.54) is 6.92 Å². The van der Waals surface area contributed by atoms with Gasteiger partial charge in [-0.3, -0.25) is 9.59 Å². The molecule has 1 aromatic rings. The molecule has 0 aromatic heterocycles. The molecular weight excluding hydrogens is 204 g/mol. The van der Waals surface area contributed by atoms with Crippen LogP contribution in [-0.4, -0.2) is 18.4 Å². The van der Waals surface area contributed by atoms with Crippen LogP contribution in [0.3, 0.4) is 0 Å². The number of Topliss-reactive ketones (excluding diaryl/α,β-unsaturated/α-hetero) is 1. The molecule has 3 nitrogen and oxygen atoms in total. The van der Waals surface area contributed by atoms with Gasteiger partial charge in [-0.05, 0) is 19.4 Å². The molecule has 0 radical (unpaired) electrons. The van der Waals surface area contributed by atoms with Crippen molar-refractivity contribution >= 4 is 11.8 Å². The lowest BCUT2D eigenvalue weighted by Crippen LogP contribution is -2.18. The van der Waals surface area contributed by atoms with Crippen LogP contribution in [0.2, 0.25) is 0 Å². The Morgan fingerprint density at radius 2 is 1.88 bits per heavy atom. The molecule has 0 unspecified atom stereocenters. The Kier molecular flexibility index (Phi) is 4.70. The van der Waals surface area contributed by atoms with Crippen LogP contribution in [0, 0.1) is 0 Å². The minimum absolute atomic E-state index is 0.0121. The first kappa shape index (κ1) is 12.4. The molecular formula is C13H16O3. The average Bonchev–Trinajstić information content (AvgIpc) is 2.27. The summed E-state index contributed by atoms with van der Waals surface area (Å²) in [7, 11) is 0. The normalized spacial score (nSPS) is 11.9. The van der Waals surface area contributed by atoms with Crippen molar-refractivity contribution in [2.24, 2.45) is 0 Å². The molecule has 1 rings (SSSR count). The standard InChI is InChI=1S/C13H16O3/c1-3-16-13(15)12(9-10(2)14)11-7-5-4-6-8-11/h4-8,12H,3,9H2,1-2H3/t12-/m1/s1. The fourth-order valence-electron chi connectivity index (χ4n) is 1.55. The lowest BCUT2D eigenvalue weighted by molar-refractivity contribution is -0.146. The minimum Gasteiger partial charge on any atom is -0.466 e. The second kappa shape index (κ2) is 6.05. The van der Waals surface area contributed by atoms with Crippen LogP contribution < -0.4 is 0 Å². The summed E-state index contributed by atoms with van der Waals surface area (Å²) in [6, 6.07) is 9.25. The van der Waals surface area contributed by atoms with Gasteiger partial charge >= 0.3 is 5.97 Å². The van der Waals surface area contributed by atoms with Gasteiger partial charge in [-0.2, -0.15) is 0 Å². The van der Waals surface area contributed by atoms with Crippen molar-refractivity contribution in [3.63, 3.8) is 0 Å². The van der Waals surface area contributed by atoms with E-state index >= 15 is 0 Å². The molecule has 0 N–H and O–H groups in total. The van der Waals surface area contributed by atoms with E-state index in [0.29, 0.717) is 6.61 Å². The highest BCUT2D eigenvalue weighted by atomic mass is 16.5. The first-order chi connectivity index (χ1) is 7.65. The zero-order valence-electron chi connectivity index (χ0n) is 9.60. The molecule has 86 valence electrons. The number of carbonyl (C=O) groups is 2. The number of hydrogen-bond donors (Lipinski definition) is 0. The van der Waals surface area contributed by atoms with Crippen LogP contribution in [0.1, 0.15) is 31.7 Å². The SMILES string of the molecule is CCOC(=O)[C@H](CC(C)=O)c1ccccc1. The van der Waals surface area contributed by atoms with Gasteiger partial charge in [0.25, 0.3) is 0 Å². The van der Waals surface area contributed by atoms with Crippen molar-refractivity contribution in [1.29, 1.82) is 0 Å². The average molecular weight is 220 g/mol. The van der Waals surface area contributed by atoms with E-state index in [0.717, 1.165) is 5.56 Å². The summed E-state index contributed by atoms with van der Waals surface area (Å²) in [4.78, 5) is 22.8. The van der Waals surface area contributed by atoms with E-state index in [4.69, 9.17) is 4.74 Å². The Bertz CT molecular complexity index is 357. The van der Waals surface area contributed by atoms with Gasteiger partial charge in [0, 0.05) is 6.42 Å². The van der Waals surface area contributed by atoms with Crippen LogP contribution in [0.5, 0.6) is 0 Å². The summed E-state index contributed by atoms with van der Waals surface area (Å²) in [5.74, 6) is -0.815. The number of ketones is 1. The summed E-state index contributed by atoms with van der Waals surface area (Å²) in [5.41, 5.74) is 0.830.